The van der Waals surface area contributed by atoms with Crippen molar-refractivity contribution in [3.63, 3.8) is 0 Å². The quantitative estimate of drug-likeness (QED) is 0.810. The molecular formula is C18H37NO2. The molecule has 126 valence electrons. The largest absolute Gasteiger partial charge is 0.359 e. The van der Waals surface area contributed by atoms with Gasteiger partial charge in [0, 0.05) is 24.3 Å². The molecule has 0 heterocycles. The van der Waals surface area contributed by atoms with Crippen LogP contribution in [-0.4, -0.2) is 18.7 Å². The summed E-state index contributed by atoms with van der Waals surface area (Å²) in [4.78, 5) is 22.2. The molecule has 0 saturated heterocycles. The van der Waals surface area contributed by atoms with Crippen molar-refractivity contribution in [2.75, 3.05) is 7.05 Å². The molecule has 0 aromatic carbocycles. The number of hydrogen-bond donors (Lipinski definition) is 1. The molecule has 0 aromatic rings. The van der Waals surface area contributed by atoms with E-state index >= 15 is 0 Å². The molecule has 0 aliphatic heterocycles. The van der Waals surface area contributed by atoms with Crippen molar-refractivity contribution in [1.29, 1.82) is 0 Å². The van der Waals surface area contributed by atoms with Crippen LogP contribution < -0.4 is 5.32 Å². The number of amides is 1. The van der Waals surface area contributed by atoms with Crippen LogP contribution in [0.5, 0.6) is 0 Å². The van der Waals surface area contributed by atoms with Gasteiger partial charge in [0.1, 0.15) is 5.78 Å². The second-order valence-corrected chi connectivity index (χ2v) is 6.72. The molecule has 1 fully saturated rings. The van der Waals surface area contributed by atoms with Gasteiger partial charge in [-0.3, -0.25) is 9.59 Å². The predicted molar refractivity (Wildman–Crippen MR) is 91.3 cm³/mol. The van der Waals surface area contributed by atoms with Gasteiger partial charge in [0.15, 0.2) is 0 Å². The highest BCUT2D eigenvalue weighted by molar-refractivity contribution is 5.85. The Bertz CT molecular complexity index is 284. The van der Waals surface area contributed by atoms with Crippen molar-refractivity contribution < 1.29 is 9.59 Å². The van der Waals surface area contributed by atoms with E-state index in [4.69, 9.17) is 0 Å². The molecule has 0 radical (unpaired) electrons. The summed E-state index contributed by atoms with van der Waals surface area (Å²) < 4.78 is 0. The van der Waals surface area contributed by atoms with Crippen molar-refractivity contribution in [3.05, 3.63) is 0 Å². The van der Waals surface area contributed by atoms with Gasteiger partial charge in [0.2, 0.25) is 5.91 Å². The summed E-state index contributed by atoms with van der Waals surface area (Å²) in [5, 5.41) is 2.53. The molecule has 21 heavy (non-hydrogen) atoms. The van der Waals surface area contributed by atoms with E-state index in [1.807, 2.05) is 48.5 Å². The molecule has 1 N–H and O–H groups in total. The molecular weight excluding hydrogens is 262 g/mol. The van der Waals surface area contributed by atoms with Gasteiger partial charge in [-0.2, -0.15) is 0 Å². The summed E-state index contributed by atoms with van der Waals surface area (Å²) in [5.41, 5.74) is -0.123. The van der Waals surface area contributed by atoms with E-state index in [1.54, 1.807) is 7.05 Å². The molecule has 0 bridgehead atoms. The van der Waals surface area contributed by atoms with Crippen LogP contribution in [0.4, 0.5) is 0 Å². The molecule has 1 aliphatic rings. The van der Waals surface area contributed by atoms with Crippen molar-refractivity contribution in [2.24, 2.45) is 17.3 Å². The third-order valence-electron chi connectivity index (χ3n) is 3.49. The van der Waals surface area contributed by atoms with Crippen LogP contribution >= 0.6 is 0 Å². The Morgan fingerprint density at radius 3 is 1.67 bits per heavy atom. The Labute approximate surface area is 132 Å². The van der Waals surface area contributed by atoms with Crippen LogP contribution in [0.3, 0.4) is 0 Å². The molecule has 1 amide bonds. The lowest BCUT2D eigenvalue weighted by Crippen LogP contribution is -2.29. The van der Waals surface area contributed by atoms with Crippen LogP contribution in [0.1, 0.15) is 80.6 Å². The van der Waals surface area contributed by atoms with Crippen molar-refractivity contribution in [3.8, 4) is 0 Å². The van der Waals surface area contributed by atoms with Gasteiger partial charge < -0.3 is 5.32 Å². The smallest absolute Gasteiger partial charge is 0.222 e. The van der Waals surface area contributed by atoms with Crippen LogP contribution in [0, 0.1) is 17.3 Å². The number of Topliss-reactive ketones (excluding diaryl/α,β-unsaturated/α-hetero) is 1. The average molecular weight is 299 g/mol. The maximum absolute atomic E-state index is 11.8. The first-order valence-corrected chi connectivity index (χ1v) is 8.46. The van der Waals surface area contributed by atoms with Crippen molar-refractivity contribution >= 4 is 11.7 Å². The lowest BCUT2D eigenvalue weighted by Gasteiger charge is -2.27. The second kappa shape index (κ2) is 11.8. The minimum atomic E-state index is -0.123. The van der Waals surface area contributed by atoms with Crippen LogP contribution in [0.25, 0.3) is 0 Å². The van der Waals surface area contributed by atoms with Gasteiger partial charge in [-0.25, -0.2) is 0 Å². The Balaban J connectivity index is 0. The van der Waals surface area contributed by atoms with Gasteiger partial charge in [-0.15, -0.1) is 0 Å². The zero-order valence-electron chi connectivity index (χ0n) is 15.5. The second-order valence-electron chi connectivity index (χ2n) is 6.72. The zero-order valence-corrected chi connectivity index (χ0v) is 15.5. The molecule has 0 aromatic heterocycles. The fourth-order valence-corrected chi connectivity index (χ4v) is 2.27. The summed E-state index contributed by atoms with van der Waals surface area (Å²) in [7, 11) is 1.64. The van der Waals surface area contributed by atoms with Crippen LogP contribution in [0.2, 0.25) is 0 Å². The topological polar surface area (TPSA) is 46.2 Å². The lowest BCUT2D eigenvalue weighted by molar-refractivity contribution is -0.131. The highest BCUT2D eigenvalue weighted by Crippen LogP contribution is 2.30. The van der Waals surface area contributed by atoms with Crippen LogP contribution in [0.15, 0.2) is 0 Å². The summed E-state index contributed by atoms with van der Waals surface area (Å²) >= 11 is 0. The third-order valence-corrected chi connectivity index (χ3v) is 3.49. The van der Waals surface area contributed by atoms with E-state index in [9.17, 15) is 9.59 Å². The molecule has 1 saturated carbocycles. The Morgan fingerprint density at radius 2 is 1.43 bits per heavy atom. The minimum Gasteiger partial charge on any atom is -0.359 e. The molecule has 3 heteroatoms. The number of nitrogens with one attached hydrogen (secondary N) is 1. The van der Waals surface area contributed by atoms with E-state index < -0.39 is 0 Å². The van der Waals surface area contributed by atoms with E-state index in [-0.39, 0.29) is 17.2 Å². The van der Waals surface area contributed by atoms with Gasteiger partial charge in [-0.05, 0) is 12.8 Å². The van der Waals surface area contributed by atoms with Crippen LogP contribution in [-0.2, 0) is 9.59 Å². The third kappa shape index (κ3) is 10.5. The van der Waals surface area contributed by atoms with Gasteiger partial charge in [-0.1, -0.05) is 67.7 Å². The molecule has 0 atom stereocenters. The van der Waals surface area contributed by atoms with Gasteiger partial charge in [0.05, 0.1) is 0 Å². The van der Waals surface area contributed by atoms with Crippen molar-refractivity contribution in [1.82, 2.24) is 5.32 Å². The molecule has 1 aliphatic carbocycles. The maximum Gasteiger partial charge on any atom is 0.222 e. The maximum atomic E-state index is 11.8. The van der Waals surface area contributed by atoms with Gasteiger partial charge in [0.25, 0.3) is 0 Å². The summed E-state index contributed by atoms with van der Waals surface area (Å²) in [6, 6.07) is 0. The highest BCUT2D eigenvalue weighted by atomic mass is 16.1. The van der Waals surface area contributed by atoms with E-state index in [0.29, 0.717) is 11.7 Å². The Kier molecular flexibility index (Phi) is 12.6. The average Bonchev–Trinajstić information content (AvgIpc) is 2.48. The Morgan fingerprint density at radius 1 is 1.00 bits per heavy atom. The first-order valence-electron chi connectivity index (χ1n) is 8.46. The number of ketones is 1. The molecule has 0 unspecified atom stereocenters. The lowest BCUT2D eigenvalue weighted by atomic mass is 9.76. The number of carbonyl (C=O) groups is 2. The monoisotopic (exact) mass is 299 g/mol. The Hall–Kier alpha value is -0.860. The van der Waals surface area contributed by atoms with Crippen molar-refractivity contribution in [2.45, 2.75) is 80.6 Å². The SMILES string of the molecule is CC.CC(C)(C)C(=O)C1CCCCC1.CNC(=O)C(C)C. The van der Waals surface area contributed by atoms with E-state index in [1.165, 1.54) is 19.3 Å². The predicted octanol–water partition coefficient (Wildman–Crippen LogP) is 4.60. The first-order chi connectivity index (χ1) is 9.70. The summed E-state index contributed by atoms with van der Waals surface area (Å²) in [6.45, 7) is 13.8. The number of rotatable bonds is 2. The minimum absolute atomic E-state index is 0.0972. The molecule has 0 spiro atoms. The molecule has 3 nitrogen and oxygen atoms in total. The summed E-state index contributed by atoms with van der Waals surface area (Å²) in [6.07, 6.45) is 6.11. The van der Waals surface area contributed by atoms with Gasteiger partial charge >= 0.3 is 0 Å². The van der Waals surface area contributed by atoms with E-state index in [0.717, 1.165) is 12.8 Å². The zero-order chi connectivity index (χ0) is 17.1. The standard InChI is InChI=1S/C11H20O.C5H11NO.C2H6/c1-11(2,3)10(12)9-7-5-4-6-8-9;1-4(2)5(7)6-3;1-2/h9H,4-8H2,1-3H3;4H,1-3H3,(H,6,7);1-2H3. The fraction of sp³-hybridized carbons (Fsp3) is 0.889. The first kappa shape index (κ1) is 22.4. The number of hydrogen-bond acceptors (Lipinski definition) is 2. The summed E-state index contributed by atoms with van der Waals surface area (Å²) in [5.74, 6) is 1.06. The van der Waals surface area contributed by atoms with E-state index in [2.05, 4.69) is 5.32 Å². The fourth-order valence-electron chi connectivity index (χ4n) is 2.27. The highest BCUT2D eigenvalue weighted by Gasteiger charge is 2.29. The number of carbonyl (C=O) groups excluding carboxylic acids is 2. The molecule has 1 rings (SSSR count). The normalized spacial score (nSPS) is 15.3.